The van der Waals surface area contributed by atoms with Crippen LogP contribution in [0.5, 0.6) is 0 Å². The first-order valence-electron chi connectivity index (χ1n) is 17.5. The Labute approximate surface area is 293 Å². The minimum atomic E-state index is -0.266. The lowest BCUT2D eigenvalue weighted by Crippen LogP contribution is -2.43. The molecule has 10 aromatic rings. The zero-order chi connectivity index (χ0) is 33.5. The molecule has 1 aliphatic heterocycles. The molecule has 3 aromatic heterocycles. The van der Waals surface area contributed by atoms with Gasteiger partial charge >= 0.3 is 0 Å². The first-order chi connectivity index (χ1) is 25.3. The molecule has 0 spiro atoms. The van der Waals surface area contributed by atoms with Gasteiger partial charge in [-0.25, -0.2) is 0 Å². The van der Waals surface area contributed by atoms with E-state index in [9.17, 15) is 0 Å². The van der Waals surface area contributed by atoms with E-state index < -0.39 is 0 Å². The van der Waals surface area contributed by atoms with E-state index in [1.165, 1.54) is 38.1 Å². The van der Waals surface area contributed by atoms with Crippen molar-refractivity contribution in [3.63, 3.8) is 0 Å². The summed E-state index contributed by atoms with van der Waals surface area (Å²) in [4.78, 5) is 0. The van der Waals surface area contributed by atoms with E-state index in [0.29, 0.717) is 0 Å². The molecule has 0 radical (unpaired) electrons. The number of nitrogens with zero attached hydrogens (tertiary/aromatic N) is 2. The molecular weight excluding hydrogens is 625 g/mol. The fourth-order valence-electron chi connectivity index (χ4n) is 8.42. The van der Waals surface area contributed by atoms with Crippen molar-refractivity contribution in [1.29, 1.82) is 0 Å². The first kappa shape index (κ1) is 28.3. The molecule has 5 nitrogen and oxygen atoms in total. The average Bonchev–Trinajstić information content (AvgIpc) is 3.86. The van der Waals surface area contributed by atoms with Crippen LogP contribution in [-0.4, -0.2) is 9.13 Å². The van der Waals surface area contributed by atoms with Crippen molar-refractivity contribution in [3.05, 3.63) is 181 Å². The van der Waals surface area contributed by atoms with Crippen LogP contribution in [0.15, 0.2) is 174 Å². The van der Waals surface area contributed by atoms with Crippen molar-refractivity contribution in [2.45, 2.75) is 12.3 Å². The molecular formula is C46H32N4O. The Kier molecular flexibility index (Phi) is 6.09. The van der Waals surface area contributed by atoms with Gasteiger partial charge < -0.3 is 18.9 Å². The lowest BCUT2D eigenvalue weighted by molar-refractivity contribution is 0.350. The molecule has 1 aliphatic rings. The van der Waals surface area contributed by atoms with Gasteiger partial charge in [0.25, 0.3) is 0 Å². The van der Waals surface area contributed by atoms with Crippen molar-refractivity contribution in [1.82, 2.24) is 19.8 Å². The Hall–Kier alpha value is -6.56. The van der Waals surface area contributed by atoms with Gasteiger partial charge in [0.2, 0.25) is 0 Å². The zero-order valence-electron chi connectivity index (χ0n) is 27.6. The van der Waals surface area contributed by atoms with E-state index in [-0.39, 0.29) is 12.3 Å². The van der Waals surface area contributed by atoms with Gasteiger partial charge in [-0.3, -0.25) is 5.32 Å². The van der Waals surface area contributed by atoms with E-state index in [2.05, 4.69) is 184 Å². The minimum absolute atomic E-state index is 0.0156. The molecule has 51 heavy (non-hydrogen) atoms. The normalized spacial score (nSPS) is 16.4. The second-order valence-electron chi connectivity index (χ2n) is 13.4. The van der Waals surface area contributed by atoms with Gasteiger partial charge in [0.1, 0.15) is 11.2 Å². The molecule has 0 amide bonds. The SMILES string of the molecule is C1=C(c2ccccc2)NC(n2c3ccc4oc5ccccc5c4c3c3c4c(ccc32)c2ccccc2n4-c2ccccc2)NC1c1ccccc1. The van der Waals surface area contributed by atoms with Gasteiger partial charge in [-0.15, -0.1) is 0 Å². The molecule has 0 bridgehead atoms. The van der Waals surface area contributed by atoms with Crippen LogP contribution in [0, 0.1) is 0 Å². The van der Waals surface area contributed by atoms with Crippen molar-refractivity contribution < 1.29 is 4.42 Å². The third-order valence-electron chi connectivity index (χ3n) is 10.6. The summed E-state index contributed by atoms with van der Waals surface area (Å²) in [5, 5.41) is 15.0. The zero-order valence-corrected chi connectivity index (χ0v) is 27.6. The van der Waals surface area contributed by atoms with Gasteiger partial charge in [0.05, 0.1) is 28.1 Å². The number of fused-ring (bicyclic) bond motifs is 11. The van der Waals surface area contributed by atoms with Crippen molar-refractivity contribution in [2.75, 3.05) is 0 Å². The predicted octanol–water partition coefficient (Wildman–Crippen LogP) is 11.2. The second-order valence-corrected chi connectivity index (χ2v) is 13.4. The number of hydrogen-bond donors (Lipinski definition) is 2. The van der Waals surface area contributed by atoms with Crippen LogP contribution in [0.25, 0.3) is 76.9 Å². The molecule has 5 heteroatoms. The van der Waals surface area contributed by atoms with E-state index in [4.69, 9.17) is 4.42 Å². The third kappa shape index (κ3) is 4.19. The fraction of sp³-hybridized carbons (Fsp3) is 0.0435. The molecule has 11 rings (SSSR count). The molecule has 242 valence electrons. The summed E-state index contributed by atoms with van der Waals surface area (Å²) in [6.45, 7) is 0. The quantitative estimate of drug-likeness (QED) is 0.198. The van der Waals surface area contributed by atoms with E-state index >= 15 is 0 Å². The lowest BCUT2D eigenvalue weighted by Gasteiger charge is -2.34. The van der Waals surface area contributed by atoms with Crippen LogP contribution in [-0.2, 0) is 0 Å². The summed E-state index contributed by atoms with van der Waals surface area (Å²) in [7, 11) is 0. The van der Waals surface area contributed by atoms with Gasteiger partial charge in [0.15, 0.2) is 6.29 Å². The summed E-state index contributed by atoms with van der Waals surface area (Å²) >= 11 is 0. The predicted molar refractivity (Wildman–Crippen MR) is 210 cm³/mol. The van der Waals surface area contributed by atoms with Crippen LogP contribution < -0.4 is 10.6 Å². The van der Waals surface area contributed by atoms with Gasteiger partial charge in [0, 0.05) is 43.7 Å². The Morgan fingerprint density at radius 2 is 1.16 bits per heavy atom. The minimum Gasteiger partial charge on any atom is -0.456 e. The highest BCUT2D eigenvalue weighted by Crippen LogP contribution is 2.46. The fourth-order valence-corrected chi connectivity index (χ4v) is 8.42. The topological polar surface area (TPSA) is 47.1 Å². The summed E-state index contributed by atoms with van der Waals surface area (Å²) < 4.78 is 11.5. The Morgan fingerprint density at radius 3 is 1.98 bits per heavy atom. The number of hydrogen-bond acceptors (Lipinski definition) is 3. The number of furan rings is 1. The van der Waals surface area contributed by atoms with Crippen molar-refractivity contribution >= 4 is 71.2 Å². The summed E-state index contributed by atoms with van der Waals surface area (Å²) in [5.74, 6) is 0. The molecule has 0 fully saturated rings. The smallest absolute Gasteiger partial charge is 0.160 e. The maximum atomic E-state index is 6.54. The van der Waals surface area contributed by atoms with Crippen molar-refractivity contribution in [2.24, 2.45) is 0 Å². The molecule has 2 unspecified atom stereocenters. The number of benzene rings is 7. The third-order valence-corrected chi connectivity index (χ3v) is 10.6. The number of aromatic nitrogens is 2. The molecule has 2 atom stereocenters. The molecule has 0 aliphatic carbocycles. The lowest BCUT2D eigenvalue weighted by atomic mass is 10.0. The maximum Gasteiger partial charge on any atom is 0.160 e. The highest BCUT2D eigenvalue weighted by Gasteiger charge is 2.30. The monoisotopic (exact) mass is 656 g/mol. The van der Waals surface area contributed by atoms with Gasteiger partial charge in [-0.1, -0.05) is 121 Å². The molecule has 0 saturated heterocycles. The van der Waals surface area contributed by atoms with Crippen LogP contribution >= 0.6 is 0 Å². The summed E-state index contributed by atoms with van der Waals surface area (Å²) in [6.07, 6.45) is 2.04. The Balaban J connectivity index is 1.29. The van der Waals surface area contributed by atoms with Gasteiger partial charge in [-0.05, 0) is 59.7 Å². The van der Waals surface area contributed by atoms with Crippen LogP contribution in [0.3, 0.4) is 0 Å². The number of rotatable bonds is 4. The average molecular weight is 657 g/mol. The Morgan fingerprint density at radius 1 is 0.490 bits per heavy atom. The van der Waals surface area contributed by atoms with Crippen LogP contribution in [0.1, 0.15) is 23.5 Å². The highest BCUT2D eigenvalue weighted by molar-refractivity contribution is 6.33. The summed E-state index contributed by atoms with van der Waals surface area (Å²) in [5.41, 5.74) is 11.0. The highest BCUT2D eigenvalue weighted by atomic mass is 16.3. The standard InChI is InChI=1S/C46H32N4O/c1-4-14-29(15-5-1)35-28-36(30-16-6-2-7-17-30)48-46(47-35)50-38-26-27-41-42(34-21-11-13-23-40(34)51-41)43(38)44-39(50)25-24-33-32-20-10-12-22-37(32)49(45(33)44)31-18-8-3-9-19-31/h1-28,35,46-48H. The largest absolute Gasteiger partial charge is 0.456 e. The van der Waals surface area contributed by atoms with Gasteiger partial charge in [-0.2, -0.15) is 0 Å². The van der Waals surface area contributed by atoms with Crippen LogP contribution in [0.4, 0.5) is 0 Å². The maximum absolute atomic E-state index is 6.54. The second kappa shape index (κ2) is 11.0. The van der Waals surface area contributed by atoms with Crippen LogP contribution in [0.2, 0.25) is 0 Å². The van der Waals surface area contributed by atoms with Crippen molar-refractivity contribution in [3.8, 4) is 5.69 Å². The van der Waals surface area contributed by atoms with E-state index in [0.717, 1.165) is 49.9 Å². The molecule has 0 saturated carbocycles. The molecule has 4 heterocycles. The number of nitrogens with one attached hydrogen (secondary N) is 2. The molecule has 2 N–H and O–H groups in total. The van der Waals surface area contributed by atoms with E-state index in [1.54, 1.807) is 0 Å². The van der Waals surface area contributed by atoms with E-state index in [1.807, 2.05) is 6.07 Å². The number of para-hydroxylation sites is 3. The first-order valence-corrected chi connectivity index (χ1v) is 17.5. The summed E-state index contributed by atoms with van der Waals surface area (Å²) in [6, 6.07) is 58.3. The molecule has 7 aromatic carbocycles. The Bertz CT molecular complexity index is 2970.